The molecule has 1 aliphatic heterocycles. The number of hydrogen-bond donors (Lipinski definition) is 2. The van der Waals surface area contributed by atoms with Gasteiger partial charge in [0, 0.05) is 37.1 Å². The minimum Gasteiger partial charge on any atom is -0.494 e. The van der Waals surface area contributed by atoms with Crippen LogP contribution >= 0.6 is 35.3 Å². The maximum Gasteiger partial charge on any atom is 0.191 e. The number of hydrogen-bond acceptors (Lipinski definition) is 5. The largest absolute Gasteiger partial charge is 0.494 e. The molecule has 0 bridgehead atoms. The molecule has 0 saturated carbocycles. The summed E-state index contributed by atoms with van der Waals surface area (Å²) < 4.78 is 18.9. The van der Waals surface area contributed by atoms with Crippen LogP contribution in [0.4, 0.5) is 4.39 Å². The van der Waals surface area contributed by atoms with Gasteiger partial charge in [0.2, 0.25) is 0 Å². The third-order valence-corrected chi connectivity index (χ3v) is 6.40. The van der Waals surface area contributed by atoms with Gasteiger partial charge in [-0.2, -0.15) is 0 Å². The number of guanidine groups is 1. The molecule has 0 aliphatic carbocycles. The Kier molecular flexibility index (Phi) is 10.4. The summed E-state index contributed by atoms with van der Waals surface area (Å²) in [7, 11) is 1.49. The number of aryl methyl sites for hydroxylation is 2. The second kappa shape index (κ2) is 12.5. The maximum atomic E-state index is 13.9. The number of ether oxygens (including phenoxy) is 1. The van der Waals surface area contributed by atoms with Gasteiger partial charge in [0.15, 0.2) is 17.5 Å². The molecule has 0 amide bonds. The van der Waals surface area contributed by atoms with Crippen LogP contribution in [0.3, 0.4) is 0 Å². The molecule has 2 heterocycles. The number of nitrogens with one attached hydrogen (secondary N) is 2. The van der Waals surface area contributed by atoms with E-state index in [-0.39, 0.29) is 29.8 Å². The quantitative estimate of drug-likeness (QED) is 0.301. The van der Waals surface area contributed by atoms with Gasteiger partial charge >= 0.3 is 0 Å². The van der Waals surface area contributed by atoms with Gasteiger partial charge in [0.05, 0.1) is 19.3 Å². The first-order chi connectivity index (χ1) is 14.5. The van der Waals surface area contributed by atoms with Crippen molar-refractivity contribution in [2.24, 2.45) is 4.99 Å². The molecule has 0 radical (unpaired) electrons. The highest BCUT2D eigenvalue weighted by atomic mass is 127. The van der Waals surface area contributed by atoms with E-state index in [0.717, 1.165) is 61.2 Å². The Morgan fingerprint density at radius 2 is 2.06 bits per heavy atom. The number of thiazole rings is 1. The van der Waals surface area contributed by atoms with Crippen molar-refractivity contribution >= 4 is 41.3 Å². The Morgan fingerprint density at radius 3 is 2.65 bits per heavy atom. The van der Waals surface area contributed by atoms with Crippen molar-refractivity contribution < 1.29 is 9.13 Å². The fourth-order valence-electron chi connectivity index (χ4n) is 3.57. The van der Waals surface area contributed by atoms with Crippen molar-refractivity contribution in [2.45, 2.75) is 52.7 Å². The third kappa shape index (κ3) is 7.57. The molecule has 172 valence electrons. The van der Waals surface area contributed by atoms with E-state index in [0.29, 0.717) is 18.3 Å². The number of methoxy groups -OCH3 is 1. The lowest BCUT2D eigenvalue weighted by Crippen LogP contribution is -2.48. The molecule has 0 unspecified atom stereocenters. The van der Waals surface area contributed by atoms with Crippen molar-refractivity contribution in [3.8, 4) is 5.75 Å². The normalized spacial score (nSPS) is 15.5. The molecule has 1 aliphatic rings. The molecule has 0 atom stereocenters. The van der Waals surface area contributed by atoms with Crippen molar-refractivity contribution in [1.29, 1.82) is 0 Å². The number of aliphatic imine (C=N–C) groups is 1. The molecule has 9 heteroatoms. The van der Waals surface area contributed by atoms with Gasteiger partial charge in [-0.25, -0.2) is 14.4 Å². The van der Waals surface area contributed by atoms with E-state index < -0.39 is 0 Å². The van der Waals surface area contributed by atoms with Gasteiger partial charge in [0.1, 0.15) is 5.01 Å². The zero-order valence-electron chi connectivity index (χ0n) is 18.7. The Morgan fingerprint density at radius 1 is 1.32 bits per heavy atom. The van der Waals surface area contributed by atoms with Crippen LogP contribution in [0.1, 0.15) is 40.9 Å². The first-order valence-corrected chi connectivity index (χ1v) is 11.3. The summed E-state index contributed by atoms with van der Waals surface area (Å²) in [5.74, 6) is 0.835. The molecule has 2 aromatic rings. The molecule has 1 aromatic heterocycles. The van der Waals surface area contributed by atoms with E-state index in [2.05, 4.69) is 34.4 Å². The van der Waals surface area contributed by atoms with E-state index in [4.69, 9.17) is 9.73 Å². The summed E-state index contributed by atoms with van der Waals surface area (Å²) in [6.45, 7) is 10.3. The van der Waals surface area contributed by atoms with Crippen LogP contribution in [0.15, 0.2) is 23.2 Å². The van der Waals surface area contributed by atoms with Crippen LogP contribution in [-0.2, 0) is 13.1 Å². The van der Waals surface area contributed by atoms with E-state index in [1.54, 1.807) is 23.5 Å². The van der Waals surface area contributed by atoms with Gasteiger partial charge in [0.25, 0.3) is 0 Å². The summed E-state index contributed by atoms with van der Waals surface area (Å²) >= 11 is 1.71. The minimum atomic E-state index is -0.302. The van der Waals surface area contributed by atoms with Gasteiger partial charge < -0.3 is 15.4 Å². The van der Waals surface area contributed by atoms with E-state index in [1.165, 1.54) is 12.0 Å². The second-order valence-corrected chi connectivity index (χ2v) is 8.90. The average Bonchev–Trinajstić information content (AvgIpc) is 3.05. The molecule has 1 saturated heterocycles. The Bertz CT molecular complexity index is 848. The highest BCUT2D eigenvalue weighted by Gasteiger charge is 2.20. The Balaban J connectivity index is 0.00000341. The third-order valence-electron chi connectivity index (χ3n) is 5.34. The monoisotopic (exact) mass is 561 g/mol. The zero-order valence-corrected chi connectivity index (χ0v) is 21.9. The van der Waals surface area contributed by atoms with Crippen LogP contribution in [0.5, 0.6) is 5.75 Å². The van der Waals surface area contributed by atoms with Gasteiger partial charge in [-0.1, -0.05) is 6.07 Å². The fraction of sp³-hybridized carbons (Fsp3) is 0.545. The van der Waals surface area contributed by atoms with Crippen molar-refractivity contribution in [3.05, 3.63) is 45.2 Å². The van der Waals surface area contributed by atoms with Gasteiger partial charge in [-0.05, 0) is 51.3 Å². The molecule has 31 heavy (non-hydrogen) atoms. The molecule has 6 nitrogen and oxygen atoms in total. The molecule has 1 fully saturated rings. The SMILES string of the molecule is CCNC(=NCc1nc(C)c(C)s1)NC1CCN(Cc2ccc(OC)c(F)c2)CC1.I. The highest BCUT2D eigenvalue weighted by Crippen LogP contribution is 2.20. The summed E-state index contributed by atoms with van der Waals surface area (Å²) in [6, 6.07) is 5.58. The van der Waals surface area contributed by atoms with Crippen molar-refractivity contribution in [3.63, 3.8) is 0 Å². The van der Waals surface area contributed by atoms with Crippen LogP contribution in [-0.4, -0.2) is 48.6 Å². The Labute approximate surface area is 205 Å². The number of likely N-dealkylation sites (tertiary alicyclic amines) is 1. The average molecular weight is 562 g/mol. The van der Waals surface area contributed by atoms with Crippen molar-refractivity contribution in [2.75, 3.05) is 26.7 Å². The summed E-state index contributed by atoms with van der Waals surface area (Å²) in [6.07, 6.45) is 2.05. The number of halogens is 2. The van der Waals surface area contributed by atoms with Crippen LogP contribution in [0.25, 0.3) is 0 Å². The number of piperidine rings is 1. The first-order valence-electron chi connectivity index (χ1n) is 10.5. The zero-order chi connectivity index (χ0) is 21.5. The molecule has 1 aromatic carbocycles. The van der Waals surface area contributed by atoms with Crippen molar-refractivity contribution in [1.82, 2.24) is 20.5 Å². The topological polar surface area (TPSA) is 61.8 Å². The molecular formula is C22H33FIN5OS. The Hall–Kier alpha value is -1.46. The van der Waals surface area contributed by atoms with Crippen LogP contribution in [0, 0.1) is 19.7 Å². The summed E-state index contributed by atoms with van der Waals surface area (Å²) in [4.78, 5) is 12.9. The lowest BCUT2D eigenvalue weighted by atomic mass is 10.0. The number of aromatic nitrogens is 1. The first kappa shape index (κ1) is 25.8. The van der Waals surface area contributed by atoms with Gasteiger partial charge in [-0.15, -0.1) is 35.3 Å². The fourth-order valence-corrected chi connectivity index (χ4v) is 4.43. The lowest BCUT2D eigenvalue weighted by Gasteiger charge is -2.33. The van der Waals surface area contributed by atoms with E-state index >= 15 is 0 Å². The molecule has 0 spiro atoms. The number of rotatable bonds is 7. The smallest absolute Gasteiger partial charge is 0.191 e. The minimum absolute atomic E-state index is 0. The van der Waals surface area contributed by atoms with Crippen LogP contribution in [0.2, 0.25) is 0 Å². The van der Waals surface area contributed by atoms with Gasteiger partial charge in [-0.3, -0.25) is 4.90 Å². The highest BCUT2D eigenvalue weighted by molar-refractivity contribution is 14.0. The van der Waals surface area contributed by atoms with Crippen LogP contribution < -0.4 is 15.4 Å². The predicted octanol–water partition coefficient (Wildman–Crippen LogP) is 4.25. The second-order valence-electron chi connectivity index (χ2n) is 7.61. The maximum absolute atomic E-state index is 13.9. The van der Waals surface area contributed by atoms with E-state index in [1.807, 2.05) is 13.0 Å². The number of benzene rings is 1. The molecule has 3 rings (SSSR count). The number of nitrogens with zero attached hydrogens (tertiary/aromatic N) is 3. The molecular weight excluding hydrogens is 528 g/mol. The van der Waals surface area contributed by atoms with E-state index in [9.17, 15) is 4.39 Å². The standard InChI is InChI=1S/C22H32FN5OS.HI/c1-5-24-22(25-13-21-26-15(2)16(3)30-21)27-18-8-10-28(11-9-18)14-17-6-7-20(29-4)19(23)12-17;/h6-7,12,18H,5,8-11,13-14H2,1-4H3,(H2,24,25,27);1H. The molecule has 2 N–H and O–H groups in total. The predicted molar refractivity (Wildman–Crippen MR) is 136 cm³/mol. The summed E-state index contributed by atoms with van der Waals surface area (Å²) in [5.41, 5.74) is 2.07. The summed E-state index contributed by atoms with van der Waals surface area (Å²) in [5, 5.41) is 7.95. The lowest BCUT2D eigenvalue weighted by molar-refractivity contribution is 0.198.